The summed E-state index contributed by atoms with van der Waals surface area (Å²) in [6.07, 6.45) is 1.74. The van der Waals surface area contributed by atoms with Gasteiger partial charge in [0, 0.05) is 53.5 Å². The van der Waals surface area contributed by atoms with Gasteiger partial charge in [-0.1, -0.05) is 36.4 Å². The van der Waals surface area contributed by atoms with Crippen molar-refractivity contribution in [3.63, 3.8) is 0 Å². The molecule has 0 aliphatic heterocycles. The topological polar surface area (TPSA) is 263 Å². The molecule has 0 saturated carbocycles. The summed E-state index contributed by atoms with van der Waals surface area (Å²) in [7, 11) is 0. The maximum absolute atomic E-state index is 13.7. The number of carbonyl (C=O) groups excluding carboxylic acids is 4. The Balaban J connectivity index is 1.56. The first kappa shape index (κ1) is 33.2. The lowest BCUT2D eigenvalue weighted by Gasteiger charge is -2.25. The number of fused-ring (bicyclic) bond motifs is 2. The predicted octanol–water partition coefficient (Wildman–Crippen LogP) is 0.0409. The average molecular weight is 634 g/mol. The number of primary amides is 1. The number of carbonyl (C=O) groups is 6. The molecule has 4 aromatic rings. The Bertz CT molecular complexity index is 1760. The van der Waals surface area contributed by atoms with Gasteiger partial charge in [0.05, 0.1) is 12.5 Å². The molecule has 2 aromatic heterocycles. The normalized spacial score (nSPS) is 13.8. The standard InChI is InChI=1S/C31H35N7O8/c32-20(13-26(33)39)28(42)37-24(11-16-14-34-21-7-3-1-5-18(16)21)30(44)36-23(9-10-27(40)41)29(43)38-25(31(45)46)12-17-15-35-22-8-4-2-6-19(17)22/h1-8,14-15,20,23-25,34-35H,9-13,32H2,(H2,33,39)(H,36,44)(H,37,42)(H,38,43)(H,40,41)(H,45,46). The van der Waals surface area contributed by atoms with Gasteiger partial charge in [0.1, 0.15) is 18.1 Å². The van der Waals surface area contributed by atoms with Crippen molar-refractivity contribution in [2.45, 2.75) is 56.3 Å². The zero-order valence-electron chi connectivity index (χ0n) is 24.6. The Morgan fingerprint density at radius 3 is 1.70 bits per heavy atom. The van der Waals surface area contributed by atoms with E-state index in [-0.39, 0.29) is 19.3 Å². The van der Waals surface area contributed by atoms with Gasteiger partial charge in [0.15, 0.2) is 0 Å². The summed E-state index contributed by atoms with van der Waals surface area (Å²) >= 11 is 0. The quantitative estimate of drug-likeness (QED) is 0.0805. The van der Waals surface area contributed by atoms with Crippen LogP contribution < -0.4 is 27.4 Å². The molecule has 15 heteroatoms. The number of rotatable bonds is 16. The molecule has 4 rings (SSSR count). The van der Waals surface area contributed by atoms with E-state index in [1.807, 2.05) is 24.3 Å². The molecule has 0 aliphatic carbocycles. The summed E-state index contributed by atoms with van der Waals surface area (Å²) in [5.74, 6) is -6.05. The molecular weight excluding hydrogens is 598 g/mol. The van der Waals surface area contributed by atoms with Crippen LogP contribution in [0.2, 0.25) is 0 Å². The van der Waals surface area contributed by atoms with Crippen molar-refractivity contribution in [3.05, 3.63) is 72.1 Å². The van der Waals surface area contributed by atoms with Crippen molar-refractivity contribution in [3.8, 4) is 0 Å². The molecule has 0 saturated heterocycles. The van der Waals surface area contributed by atoms with Gasteiger partial charge in [0.25, 0.3) is 0 Å². The van der Waals surface area contributed by atoms with E-state index in [2.05, 4.69) is 25.9 Å². The van der Waals surface area contributed by atoms with Crippen LogP contribution in [0.1, 0.15) is 30.4 Å². The highest BCUT2D eigenvalue weighted by molar-refractivity contribution is 5.96. The van der Waals surface area contributed by atoms with Gasteiger partial charge in [-0.15, -0.1) is 0 Å². The lowest BCUT2D eigenvalue weighted by molar-refractivity contribution is -0.143. The second kappa shape index (κ2) is 14.9. The van der Waals surface area contributed by atoms with Gasteiger partial charge < -0.3 is 47.6 Å². The number of aromatic amines is 2. The zero-order valence-corrected chi connectivity index (χ0v) is 24.6. The molecule has 11 N–H and O–H groups in total. The lowest BCUT2D eigenvalue weighted by atomic mass is 10.0. The van der Waals surface area contributed by atoms with Crippen LogP contribution in [0.25, 0.3) is 21.8 Å². The first-order valence-corrected chi connectivity index (χ1v) is 14.4. The number of benzene rings is 2. The number of hydrogen-bond acceptors (Lipinski definition) is 7. The maximum Gasteiger partial charge on any atom is 0.326 e. The summed E-state index contributed by atoms with van der Waals surface area (Å²) in [4.78, 5) is 80.9. The van der Waals surface area contributed by atoms with Crippen LogP contribution in [0.4, 0.5) is 0 Å². The van der Waals surface area contributed by atoms with E-state index in [9.17, 15) is 39.0 Å². The smallest absolute Gasteiger partial charge is 0.326 e. The maximum atomic E-state index is 13.7. The van der Waals surface area contributed by atoms with Gasteiger partial charge in [-0.25, -0.2) is 4.79 Å². The van der Waals surface area contributed by atoms with E-state index < -0.39 is 72.6 Å². The summed E-state index contributed by atoms with van der Waals surface area (Å²) in [6.45, 7) is 0. The Hall–Kier alpha value is -5.70. The molecule has 0 bridgehead atoms. The third-order valence-electron chi connectivity index (χ3n) is 7.48. The second-order valence-corrected chi connectivity index (χ2v) is 10.9. The number of para-hydroxylation sites is 2. The third kappa shape index (κ3) is 8.47. The number of nitrogens with two attached hydrogens (primary N) is 2. The molecule has 15 nitrogen and oxygen atoms in total. The largest absolute Gasteiger partial charge is 0.481 e. The molecule has 4 atom stereocenters. The molecule has 4 unspecified atom stereocenters. The monoisotopic (exact) mass is 633 g/mol. The molecule has 0 aliphatic rings. The molecular formula is C31H35N7O8. The number of carboxylic acid groups (broad SMARTS) is 2. The van der Waals surface area contributed by atoms with Crippen molar-refractivity contribution < 1.29 is 39.0 Å². The van der Waals surface area contributed by atoms with E-state index in [0.717, 1.165) is 21.8 Å². The third-order valence-corrected chi connectivity index (χ3v) is 7.48. The summed E-state index contributed by atoms with van der Waals surface area (Å²) in [5, 5.41) is 28.1. The first-order valence-electron chi connectivity index (χ1n) is 14.4. The van der Waals surface area contributed by atoms with Gasteiger partial charge in [0.2, 0.25) is 23.6 Å². The van der Waals surface area contributed by atoms with Crippen molar-refractivity contribution in [1.82, 2.24) is 25.9 Å². The van der Waals surface area contributed by atoms with Crippen molar-refractivity contribution >= 4 is 57.4 Å². The molecule has 46 heavy (non-hydrogen) atoms. The Labute approximate surface area is 262 Å². The van der Waals surface area contributed by atoms with Crippen LogP contribution in [-0.2, 0) is 41.6 Å². The van der Waals surface area contributed by atoms with Crippen LogP contribution in [0.3, 0.4) is 0 Å². The predicted molar refractivity (Wildman–Crippen MR) is 166 cm³/mol. The van der Waals surface area contributed by atoms with Crippen LogP contribution in [0.5, 0.6) is 0 Å². The minimum Gasteiger partial charge on any atom is -0.481 e. The summed E-state index contributed by atoms with van der Waals surface area (Å²) < 4.78 is 0. The van der Waals surface area contributed by atoms with Crippen molar-refractivity contribution in [2.24, 2.45) is 11.5 Å². The minimum atomic E-state index is -1.48. The van der Waals surface area contributed by atoms with Gasteiger partial charge in [-0.05, 0) is 29.7 Å². The number of carboxylic acids is 2. The van der Waals surface area contributed by atoms with E-state index in [0.29, 0.717) is 11.1 Å². The fourth-order valence-electron chi connectivity index (χ4n) is 5.12. The number of nitrogens with one attached hydrogen (secondary N) is 5. The van der Waals surface area contributed by atoms with Gasteiger partial charge in [-0.2, -0.15) is 0 Å². The number of aliphatic carboxylic acids is 2. The molecule has 0 fully saturated rings. The first-order chi connectivity index (χ1) is 21.9. The summed E-state index contributed by atoms with van der Waals surface area (Å²) in [6, 6.07) is 8.87. The second-order valence-electron chi connectivity index (χ2n) is 10.9. The van der Waals surface area contributed by atoms with E-state index in [4.69, 9.17) is 11.5 Å². The SMILES string of the molecule is NC(=O)CC(N)C(=O)NC(Cc1c[nH]c2ccccc12)C(=O)NC(CCC(=O)O)C(=O)NC(Cc1c[nH]c2ccccc12)C(=O)O. The van der Waals surface area contributed by atoms with E-state index >= 15 is 0 Å². The number of hydrogen-bond donors (Lipinski definition) is 9. The molecule has 2 heterocycles. The van der Waals surface area contributed by atoms with Gasteiger partial charge in [-0.3, -0.25) is 24.0 Å². The fourth-order valence-corrected chi connectivity index (χ4v) is 5.12. The lowest BCUT2D eigenvalue weighted by Crippen LogP contribution is -2.58. The summed E-state index contributed by atoms with van der Waals surface area (Å²) in [5.41, 5.74) is 13.8. The Morgan fingerprint density at radius 1 is 0.696 bits per heavy atom. The average Bonchev–Trinajstić information content (AvgIpc) is 3.61. The van der Waals surface area contributed by atoms with Crippen molar-refractivity contribution in [2.75, 3.05) is 0 Å². The number of amides is 4. The zero-order chi connectivity index (χ0) is 33.4. The Morgan fingerprint density at radius 2 is 1.17 bits per heavy atom. The number of H-pyrrole nitrogens is 2. The molecule has 0 radical (unpaired) electrons. The minimum absolute atomic E-state index is 0.0730. The highest BCUT2D eigenvalue weighted by Gasteiger charge is 2.32. The van der Waals surface area contributed by atoms with Crippen LogP contribution in [0, 0.1) is 0 Å². The highest BCUT2D eigenvalue weighted by Crippen LogP contribution is 2.21. The van der Waals surface area contributed by atoms with Crippen LogP contribution >= 0.6 is 0 Å². The molecule has 4 amide bonds. The fraction of sp³-hybridized carbons (Fsp3) is 0.290. The van der Waals surface area contributed by atoms with Crippen LogP contribution in [-0.4, -0.2) is 79.9 Å². The van der Waals surface area contributed by atoms with Crippen molar-refractivity contribution in [1.29, 1.82) is 0 Å². The molecule has 242 valence electrons. The molecule has 0 spiro atoms. The van der Waals surface area contributed by atoms with E-state index in [1.54, 1.807) is 36.7 Å². The number of aromatic nitrogens is 2. The van der Waals surface area contributed by atoms with E-state index in [1.165, 1.54) is 0 Å². The molecule has 2 aromatic carbocycles. The highest BCUT2D eigenvalue weighted by atomic mass is 16.4. The van der Waals surface area contributed by atoms with Gasteiger partial charge >= 0.3 is 11.9 Å². The Kier molecular flexibility index (Phi) is 10.7. The van der Waals surface area contributed by atoms with Crippen LogP contribution in [0.15, 0.2) is 60.9 Å².